The van der Waals surface area contributed by atoms with Crippen LogP contribution in [-0.2, 0) is 9.53 Å². The minimum Gasteiger partial charge on any atom is -0.374 e. The van der Waals surface area contributed by atoms with Gasteiger partial charge in [-0.25, -0.2) is 0 Å². The summed E-state index contributed by atoms with van der Waals surface area (Å²) in [4.78, 5) is 11.4. The van der Waals surface area contributed by atoms with Crippen molar-refractivity contribution in [3.63, 3.8) is 0 Å². The van der Waals surface area contributed by atoms with Gasteiger partial charge in [0.15, 0.2) is 5.78 Å². The lowest BCUT2D eigenvalue weighted by molar-refractivity contribution is -0.129. The van der Waals surface area contributed by atoms with E-state index in [2.05, 4.69) is 13.8 Å². The van der Waals surface area contributed by atoms with E-state index in [-0.39, 0.29) is 11.9 Å². The van der Waals surface area contributed by atoms with Crippen LogP contribution < -0.4 is 0 Å². The van der Waals surface area contributed by atoms with E-state index in [4.69, 9.17) is 4.74 Å². The van der Waals surface area contributed by atoms with Gasteiger partial charge in [-0.15, -0.1) is 0 Å². The highest BCUT2D eigenvalue weighted by atomic mass is 16.5. The highest BCUT2D eigenvalue weighted by Gasteiger charge is 2.17. The van der Waals surface area contributed by atoms with Gasteiger partial charge in [0.05, 0.1) is 0 Å². The van der Waals surface area contributed by atoms with Crippen LogP contribution in [0.15, 0.2) is 0 Å². The van der Waals surface area contributed by atoms with Crippen LogP contribution in [0.2, 0.25) is 0 Å². The smallest absolute Gasteiger partial charge is 0.161 e. The van der Waals surface area contributed by atoms with Gasteiger partial charge in [0.2, 0.25) is 0 Å². The Hall–Kier alpha value is -0.370. The molecule has 0 aliphatic heterocycles. The number of rotatable bonds is 6. The van der Waals surface area contributed by atoms with Crippen molar-refractivity contribution < 1.29 is 9.53 Å². The third kappa shape index (κ3) is 4.50. The Kier molecular flexibility index (Phi) is 5.99. The van der Waals surface area contributed by atoms with Crippen molar-refractivity contribution in [2.45, 2.75) is 46.1 Å². The van der Waals surface area contributed by atoms with Crippen molar-refractivity contribution in [3.8, 4) is 0 Å². The van der Waals surface area contributed by atoms with Crippen LogP contribution in [0.25, 0.3) is 0 Å². The molecule has 0 heterocycles. The summed E-state index contributed by atoms with van der Waals surface area (Å²) in [6, 6.07) is 0. The molecular weight excluding hydrogens is 152 g/mol. The van der Waals surface area contributed by atoms with Crippen LogP contribution in [0, 0.1) is 5.92 Å². The van der Waals surface area contributed by atoms with E-state index in [1.807, 2.05) is 6.92 Å². The lowest BCUT2D eigenvalue weighted by Crippen LogP contribution is -2.24. The van der Waals surface area contributed by atoms with Crippen molar-refractivity contribution in [2.75, 3.05) is 7.11 Å². The van der Waals surface area contributed by atoms with Crippen LogP contribution in [0.3, 0.4) is 0 Å². The summed E-state index contributed by atoms with van der Waals surface area (Å²) in [7, 11) is 1.61. The first-order valence-corrected chi connectivity index (χ1v) is 4.67. The molecule has 0 aromatic rings. The van der Waals surface area contributed by atoms with Crippen molar-refractivity contribution >= 4 is 5.78 Å². The van der Waals surface area contributed by atoms with Gasteiger partial charge < -0.3 is 4.74 Å². The van der Waals surface area contributed by atoms with Crippen LogP contribution in [-0.4, -0.2) is 19.0 Å². The standard InChI is InChI=1S/C10H20O2/c1-5-6-9(11)10(12-4)7-8(2)3/h8,10H,5-7H2,1-4H3. The Labute approximate surface area is 75.3 Å². The molecular formula is C10H20O2. The number of ether oxygens (including phenoxy) is 1. The third-order valence-electron chi connectivity index (χ3n) is 1.83. The van der Waals surface area contributed by atoms with E-state index in [9.17, 15) is 4.79 Å². The molecule has 0 rings (SSSR count). The van der Waals surface area contributed by atoms with E-state index >= 15 is 0 Å². The van der Waals surface area contributed by atoms with Gasteiger partial charge in [-0.3, -0.25) is 4.79 Å². The molecule has 0 amide bonds. The average molecular weight is 172 g/mol. The second-order valence-electron chi connectivity index (χ2n) is 3.57. The van der Waals surface area contributed by atoms with Crippen molar-refractivity contribution in [2.24, 2.45) is 5.92 Å². The Morgan fingerprint density at radius 2 is 2.00 bits per heavy atom. The molecule has 2 heteroatoms. The van der Waals surface area contributed by atoms with E-state index in [0.29, 0.717) is 12.3 Å². The highest BCUT2D eigenvalue weighted by Crippen LogP contribution is 2.10. The largest absolute Gasteiger partial charge is 0.374 e. The Bertz CT molecular complexity index is 130. The van der Waals surface area contributed by atoms with E-state index in [0.717, 1.165) is 12.8 Å². The lowest BCUT2D eigenvalue weighted by atomic mass is 10.0. The first kappa shape index (κ1) is 11.6. The van der Waals surface area contributed by atoms with Gasteiger partial charge in [0.25, 0.3) is 0 Å². The summed E-state index contributed by atoms with van der Waals surface area (Å²) in [5.41, 5.74) is 0. The topological polar surface area (TPSA) is 26.3 Å². The molecule has 0 aromatic carbocycles. The van der Waals surface area contributed by atoms with Gasteiger partial charge in [0.1, 0.15) is 6.10 Å². The van der Waals surface area contributed by atoms with Crippen molar-refractivity contribution in [3.05, 3.63) is 0 Å². The number of methoxy groups -OCH3 is 1. The normalized spacial score (nSPS) is 13.4. The fraction of sp³-hybridized carbons (Fsp3) is 0.900. The highest BCUT2D eigenvalue weighted by molar-refractivity contribution is 5.82. The first-order valence-electron chi connectivity index (χ1n) is 4.67. The fourth-order valence-corrected chi connectivity index (χ4v) is 1.19. The molecule has 0 N–H and O–H groups in total. The quantitative estimate of drug-likeness (QED) is 0.615. The molecule has 0 fully saturated rings. The zero-order chi connectivity index (χ0) is 9.56. The number of ketones is 1. The minimum absolute atomic E-state index is 0.176. The molecule has 0 spiro atoms. The van der Waals surface area contributed by atoms with E-state index < -0.39 is 0 Å². The van der Waals surface area contributed by atoms with Crippen LogP contribution >= 0.6 is 0 Å². The maximum absolute atomic E-state index is 11.4. The number of hydrogen-bond acceptors (Lipinski definition) is 2. The van der Waals surface area contributed by atoms with E-state index in [1.54, 1.807) is 7.11 Å². The lowest BCUT2D eigenvalue weighted by Gasteiger charge is -2.15. The zero-order valence-electron chi connectivity index (χ0n) is 8.59. The summed E-state index contributed by atoms with van der Waals surface area (Å²) in [6.07, 6.45) is 2.22. The van der Waals surface area contributed by atoms with Crippen LogP contribution in [0.4, 0.5) is 0 Å². The Balaban J connectivity index is 3.87. The molecule has 0 bridgehead atoms. The van der Waals surface area contributed by atoms with Gasteiger partial charge >= 0.3 is 0 Å². The second kappa shape index (κ2) is 6.18. The predicted octanol–water partition coefficient (Wildman–Crippen LogP) is 2.42. The van der Waals surface area contributed by atoms with Gasteiger partial charge in [-0.05, 0) is 18.8 Å². The Morgan fingerprint density at radius 3 is 2.33 bits per heavy atom. The number of Topliss-reactive ketones (excluding diaryl/α,β-unsaturated/α-hetero) is 1. The van der Waals surface area contributed by atoms with Crippen LogP contribution in [0.1, 0.15) is 40.0 Å². The Morgan fingerprint density at radius 1 is 1.42 bits per heavy atom. The SMILES string of the molecule is CCCC(=O)C(CC(C)C)OC. The van der Waals surface area contributed by atoms with Gasteiger partial charge in [-0.1, -0.05) is 20.8 Å². The molecule has 0 aliphatic rings. The summed E-state index contributed by atoms with van der Waals surface area (Å²) in [5, 5.41) is 0. The fourth-order valence-electron chi connectivity index (χ4n) is 1.19. The average Bonchev–Trinajstić information content (AvgIpc) is 2.00. The molecule has 0 saturated carbocycles. The van der Waals surface area contributed by atoms with E-state index in [1.165, 1.54) is 0 Å². The molecule has 12 heavy (non-hydrogen) atoms. The maximum atomic E-state index is 11.4. The second-order valence-corrected chi connectivity index (χ2v) is 3.57. The molecule has 0 saturated heterocycles. The van der Waals surface area contributed by atoms with Gasteiger partial charge in [-0.2, -0.15) is 0 Å². The maximum Gasteiger partial charge on any atom is 0.161 e. The predicted molar refractivity (Wildman–Crippen MR) is 50.2 cm³/mol. The molecule has 0 aromatic heterocycles. The van der Waals surface area contributed by atoms with Crippen molar-refractivity contribution in [1.29, 1.82) is 0 Å². The van der Waals surface area contributed by atoms with Gasteiger partial charge in [0, 0.05) is 13.5 Å². The molecule has 0 radical (unpaired) electrons. The summed E-state index contributed by atoms with van der Waals surface area (Å²) in [5.74, 6) is 0.768. The zero-order valence-corrected chi connectivity index (χ0v) is 8.59. The monoisotopic (exact) mass is 172 g/mol. The molecule has 1 unspecified atom stereocenters. The number of carbonyl (C=O) groups excluding carboxylic acids is 1. The molecule has 2 nitrogen and oxygen atoms in total. The minimum atomic E-state index is -0.176. The summed E-state index contributed by atoms with van der Waals surface area (Å²) < 4.78 is 5.13. The third-order valence-corrected chi connectivity index (χ3v) is 1.83. The summed E-state index contributed by atoms with van der Waals surface area (Å²) >= 11 is 0. The number of hydrogen-bond donors (Lipinski definition) is 0. The molecule has 72 valence electrons. The van der Waals surface area contributed by atoms with Crippen LogP contribution in [0.5, 0.6) is 0 Å². The first-order chi connectivity index (χ1) is 5.61. The van der Waals surface area contributed by atoms with Crippen molar-refractivity contribution in [1.82, 2.24) is 0 Å². The molecule has 1 atom stereocenters. The number of carbonyl (C=O) groups is 1. The summed E-state index contributed by atoms with van der Waals surface area (Å²) in [6.45, 7) is 6.22. The molecule has 0 aliphatic carbocycles.